The highest BCUT2D eigenvalue weighted by Gasteiger charge is 2.36. The minimum atomic E-state index is -4.44. The van der Waals surface area contributed by atoms with Crippen molar-refractivity contribution in [3.63, 3.8) is 0 Å². The zero-order chi connectivity index (χ0) is 19.6. The Bertz CT molecular complexity index is 748. The SMILES string of the molecule is C[C@@H](Cc1cccc(C(F)(F)F)c1)C(=O)NCC1(O)CCS(=O)(=O)CC1. The quantitative estimate of drug-likeness (QED) is 0.801. The highest BCUT2D eigenvalue weighted by molar-refractivity contribution is 7.91. The fourth-order valence-electron chi connectivity index (χ4n) is 2.84. The Hall–Kier alpha value is -1.61. The van der Waals surface area contributed by atoms with Crippen molar-refractivity contribution in [3.05, 3.63) is 35.4 Å². The molecule has 5 nitrogen and oxygen atoms in total. The van der Waals surface area contributed by atoms with Crippen LogP contribution in [0.5, 0.6) is 0 Å². The molecule has 1 heterocycles. The number of amides is 1. The minimum absolute atomic E-state index is 0.0532. The summed E-state index contributed by atoms with van der Waals surface area (Å²) >= 11 is 0. The molecule has 146 valence electrons. The van der Waals surface area contributed by atoms with Crippen LogP contribution in [0.1, 0.15) is 30.9 Å². The smallest absolute Gasteiger partial charge is 0.388 e. The van der Waals surface area contributed by atoms with Crippen LogP contribution < -0.4 is 5.32 Å². The minimum Gasteiger partial charge on any atom is -0.388 e. The van der Waals surface area contributed by atoms with E-state index in [-0.39, 0.29) is 37.3 Å². The lowest BCUT2D eigenvalue weighted by molar-refractivity contribution is -0.137. The normalized spacial score (nSPS) is 20.3. The molecule has 26 heavy (non-hydrogen) atoms. The largest absolute Gasteiger partial charge is 0.416 e. The van der Waals surface area contributed by atoms with E-state index in [1.165, 1.54) is 12.1 Å². The molecule has 1 fully saturated rings. The Morgan fingerprint density at radius 1 is 1.31 bits per heavy atom. The molecule has 0 spiro atoms. The molecule has 0 radical (unpaired) electrons. The first-order valence-electron chi connectivity index (χ1n) is 8.27. The summed E-state index contributed by atoms with van der Waals surface area (Å²) in [6.07, 6.45) is -4.20. The van der Waals surface area contributed by atoms with E-state index in [4.69, 9.17) is 0 Å². The molecule has 1 amide bonds. The Balaban J connectivity index is 1.90. The lowest BCUT2D eigenvalue weighted by Crippen LogP contribution is -2.49. The van der Waals surface area contributed by atoms with Gasteiger partial charge in [0.2, 0.25) is 5.91 Å². The van der Waals surface area contributed by atoms with E-state index in [1.807, 2.05) is 0 Å². The number of rotatable bonds is 5. The van der Waals surface area contributed by atoms with E-state index in [1.54, 1.807) is 6.92 Å². The van der Waals surface area contributed by atoms with Gasteiger partial charge < -0.3 is 10.4 Å². The van der Waals surface area contributed by atoms with Crippen molar-refractivity contribution in [1.29, 1.82) is 0 Å². The van der Waals surface area contributed by atoms with Gasteiger partial charge in [-0.1, -0.05) is 25.1 Å². The van der Waals surface area contributed by atoms with E-state index in [0.717, 1.165) is 12.1 Å². The van der Waals surface area contributed by atoms with Gasteiger partial charge in [0.05, 0.1) is 22.7 Å². The van der Waals surface area contributed by atoms with Gasteiger partial charge in [0, 0.05) is 12.5 Å². The predicted molar refractivity (Wildman–Crippen MR) is 90.2 cm³/mol. The number of carbonyl (C=O) groups excluding carboxylic acids is 1. The van der Waals surface area contributed by atoms with Crippen molar-refractivity contribution in [2.24, 2.45) is 5.92 Å². The molecular weight excluding hydrogens is 371 g/mol. The van der Waals surface area contributed by atoms with Crippen LogP contribution in [-0.2, 0) is 27.2 Å². The first-order valence-corrected chi connectivity index (χ1v) is 10.1. The van der Waals surface area contributed by atoms with Gasteiger partial charge in [-0.05, 0) is 30.9 Å². The van der Waals surface area contributed by atoms with Crippen LogP contribution in [0.4, 0.5) is 13.2 Å². The maximum absolute atomic E-state index is 12.7. The molecule has 9 heteroatoms. The molecule has 1 aliphatic rings. The third kappa shape index (κ3) is 5.70. The second-order valence-corrected chi connectivity index (χ2v) is 9.20. The number of sulfone groups is 1. The van der Waals surface area contributed by atoms with Gasteiger partial charge in [-0.25, -0.2) is 8.42 Å². The van der Waals surface area contributed by atoms with Crippen LogP contribution in [0.15, 0.2) is 24.3 Å². The molecule has 0 bridgehead atoms. The van der Waals surface area contributed by atoms with Crippen molar-refractivity contribution in [1.82, 2.24) is 5.32 Å². The second-order valence-electron chi connectivity index (χ2n) is 6.90. The lowest BCUT2D eigenvalue weighted by Gasteiger charge is -2.32. The fraction of sp³-hybridized carbons (Fsp3) is 0.588. The van der Waals surface area contributed by atoms with Crippen molar-refractivity contribution in [2.45, 2.75) is 38.0 Å². The Labute approximate surface area is 150 Å². The predicted octanol–water partition coefficient (Wildman–Crippen LogP) is 1.94. The van der Waals surface area contributed by atoms with Crippen LogP contribution in [0.25, 0.3) is 0 Å². The zero-order valence-corrected chi connectivity index (χ0v) is 15.2. The molecule has 0 aromatic heterocycles. The summed E-state index contributed by atoms with van der Waals surface area (Å²) in [4.78, 5) is 12.2. The number of hydrogen-bond acceptors (Lipinski definition) is 4. The van der Waals surface area contributed by atoms with Crippen molar-refractivity contribution in [3.8, 4) is 0 Å². The molecule has 2 rings (SSSR count). The molecule has 0 unspecified atom stereocenters. The molecule has 1 aliphatic heterocycles. The molecule has 1 aromatic carbocycles. The number of nitrogens with one attached hydrogen (secondary N) is 1. The summed E-state index contributed by atoms with van der Waals surface area (Å²) in [5.41, 5.74) is -1.64. The summed E-state index contributed by atoms with van der Waals surface area (Å²) in [6, 6.07) is 4.82. The number of benzene rings is 1. The summed E-state index contributed by atoms with van der Waals surface area (Å²) in [5.74, 6) is -1.24. The highest BCUT2D eigenvalue weighted by atomic mass is 32.2. The molecule has 2 N–H and O–H groups in total. The van der Waals surface area contributed by atoms with Crippen LogP contribution in [0.2, 0.25) is 0 Å². The van der Waals surface area contributed by atoms with E-state index in [9.17, 15) is 31.5 Å². The van der Waals surface area contributed by atoms with E-state index >= 15 is 0 Å². The third-order valence-corrected chi connectivity index (χ3v) is 6.24. The first-order chi connectivity index (χ1) is 11.9. The fourth-order valence-corrected chi connectivity index (χ4v) is 4.43. The topological polar surface area (TPSA) is 83.5 Å². The summed E-state index contributed by atoms with van der Waals surface area (Å²) < 4.78 is 61.0. The Kier molecular flexibility index (Phi) is 6.02. The molecule has 0 aliphatic carbocycles. The van der Waals surface area contributed by atoms with Crippen molar-refractivity contribution >= 4 is 15.7 Å². The van der Waals surface area contributed by atoms with Gasteiger partial charge in [0.15, 0.2) is 9.84 Å². The van der Waals surface area contributed by atoms with Gasteiger partial charge in [0.1, 0.15) is 0 Å². The van der Waals surface area contributed by atoms with Crippen LogP contribution in [-0.4, -0.2) is 43.1 Å². The summed E-state index contributed by atoms with van der Waals surface area (Å²) in [5, 5.41) is 12.9. The van der Waals surface area contributed by atoms with Gasteiger partial charge in [-0.15, -0.1) is 0 Å². The highest BCUT2D eigenvalue weighted by Crippen LogP contribution is 2.30. The van der Waals surface area contributed by atoms with Gasteiger partial charge in [-0.2, -0.15) is 13.2 Å². The maximum Gasteiger partial charge on any atom is 0.416 e. The summed E-state index contributed by atoms with van der Waals surface area (Å²) in [7, 11) is -3.13. The Morgan fingerprint density at radius 3 is 2.50 bits per heavy atom. The molecular formula is C17H22F3NO4S. The number of carbonyl (C=O) groups is 1. The van der Waals surface area contributed by atoms with Gasteiger partial charge >= 0.3 is 6.18 Å². The second kappa shape index (κ2) is 7.56. The number of hydrogen-bond donors (Lipinski definition) is 2. The first kappa shape index (κ1) is 20.7. The molecule has 0 saturated carbocycles. The van der Waals surface area contributed by atoms with E-state index < -0.39 is 39.0 Å². The van der Waals surface area contributed by atoms with E-state index in [2.05, 4.69) is 5.32 Å². The van der Waals surface area contributed by atoms with Crippen molar-refractivity contribution < 1.29 is 31.5 Å². The zero-order valence-electron chi connectivity index (χ0n) is 14.3. The van der Waals surface area contributed by atoms with Crippen LogP contribution in [0.3, 0.4) is 0 Å². The van der Waals surface area contributed by atoms with Crippen molar-refractivity contribution in [2.75, 3.05) is 18.1 Å². The third-order valence-electron chi connectivity index (χ3n) is 4.59. The standard InChI is InChI=1S/C17H22F3NO4S/c1-12(9-13-3-2-4-14(10-13)17(18,19)20)15(22)21-11-16(23)5-7-26(24,25)8-6-16/h2-4,10,12,23H,5-9,11H2,1H3,(H,21,22)/t12-/m0/s1. The number of alkyl halides is 3. The molecule has 1 saturated heterocycles. The molecule has 1 aromatic rings. The summed E-state index contributed by atoms with van der Waals surface area (Å²) in [6.45, 7) is 1.51. The van der Waals surface area contributed by atoms with Gasteiger partial charge in [-0.3, -0.25) is 4.79 Å². The van der Waals surface area contributed by atoms with Crippen LogP contribution in [0, 0.1) is 5.92 Å². The molecule has 1 atom stereocenters. The average Bonchev–Trinajstić information content (AvgIpc) is 2.55. The number of halogens is 3. The monoisotopic (exact) mass is 393 g/mol. The van der Waals surface area contributed by atoms with Gasteiger partial charge in [0.25, 0.3) is 0 Å². The van der Waals surface area contributed by atoms with Crippen LogP contribution >= 0.6 is 0 Å². The Morgan fingerprint density at radius 2 is 1.92 bits per heavy atom. The van der Waals surface area contributed by atoms with E-state index in [0.29, 0.717) is 5.56 Å². The average molecular weight is 393 g/mol. The lowest BCUT2D eigenvalue weighted by atomic mass is 9.95. The maximum atomic E-state index is 12.7. The number of aliphatic hydroxyl groups is 1.